The Morgan fingerprint density at radius 1 is 1.53 bits per heavy atom. The molecule has 2 atom stereocenters. The number of rotatable bonds is 4. The largest absolute Gasteiger partial charge is 0.329 e. The van der Waals surface area contributed by atoms with Crippen LogP contribution in [0.2, 0.25) is 0 Å². The average molecular weight is 285 g/mol. The van der Waals surface area contributed by atoms with Crippen LogP contribution in [0.25, 0.3) is 0 Å². The molecule has 0 aliphatic carbocycles. The lowest BCUT2D eigenvalue weighted by atomic mass is 10.0. The first-order chi connectivity index (χ1) is 8.89. The monoisotopic (exact) mass is 285 g/mol. The second-order valence-corrected chi connectivity index (χ2v) is 8.10. The van der Waals surface area contributed by atoms with Gasteiger partial charge in [0, 0.05) is 18.3 Å². The normalized spacial score (nSPS) is 24.5. The molecule has 1 aromatic rings. The molecule has 2 heterocycles. The summed E-state index contributed by atoms with van der Waals surface area (Å²) < 4.78 is 25.5. The molecule has 1 fully saturated rings. The van der Waals surface area contributed by atoms with Gasteiger partial charge >= 0.3 is 0 Å². The summed E-state index contributed by atoms with van der Waals surface area (Å²) in [6, 6.07) is -0.0819. The molecule has 5 nitrogen and oxygen atoms in total. The highest BCUT2D eigenvalue weighted by atomic mass is 32.2. The zero-order chi connectivity index (χ0) is 14.0. The van der Waals surface area contributed by atoms with E-state index in [4.69, 9.17) is 5.73 Å². The summed E-state index contributed by atoms with van der Waals surface area (Å²) in [4.78, 5) is 4.16. The van der Waals surface area contributed by atoms with E-state index in [2.05, 4.69) is 18.8 Å². The lowest BCUT2D eigenvalue weighted by Gasteiger charge is -2.26. The van der Waals surface area contributed by atoms with E-state index in [0.29, 0.717) is 11.7 Å². The molecule has 2 rings (SSSR count). The highest BCUT2D eigenvalue weighted by Gasteiger charge is 2.28. The van der Waals surface area contributed by atoms with E-state index in [1.54, 1.807) is 12.5 Å². The number of nitrogens with two attached hydrogens (primary N) is 1. The van der Waals surface area contributed by atoms with Gasteiger partial charge < -0.3 is 10.3 Å². The number of aromatic nitrogens is 2. The lowest BCUT2D eigenvalue weighted by molar-refractivity contribution is 0.428. The third-order valence-corrected chi connectivity index (χ3v) is 5.44. The molecule has 1 aromatic heterocycles. The van der Waals surface area contributed by atoms with E-state index in [-0.39, 0.29) is 17.8 Å². The quantitative estimate of drug-likeness (QED) is 0.913. The Labute approximate surface area is 115 Å². The van der Waals surface area contributed by atoms with Gasteiger partial charge in [-0.05, 0) is 25.2 Å². The third-order valence-electron chi connectivity index (χ3n) is 3.63. The Hall–Kier alpha value is -0.880. The van der Waals surface area contributed by atoms with Crippen LogP contribution >= 0.6 is 0 Å². The minimum atomic E-state index is -2.91. The van der Waals surface area contributed by atoms with Crippen LogP contribution < -0.4 is 5.73 Å². The Morgan fingerprint density at radius 2 is 2.26 bits per heavy atom. The van der Waals surface area contributed by atoms with Crippen molar-refractivity contribution in [3.63, 3.8) is 0 Å². The molecule has 2 N–H and O–H groups in total. The molecule has 0 amide bonds. The van der Waals surface area contributed by atoms with E-state index in [9.17, 15) is 8.42 Å². The Kier molecular flexibility index (Phi) is 4.30. The Balaban J connectivity index is 2.19. The fraction of sp³-hybridized carbons (Fsp3) is 0.769. The van der Waals surface area contributed by atoms with Crippen molar-refractivity contribution in [1.82, 2.24) is 9.55 Å². The second kappa shape index (κ2) is 5.63. The topological polar surface area (TPSA) is 78.0 Å². The molecule has 0 bridgehead atoms. The second-order valence-electron chi connectivity index (χ2n) is 5.87. The number of imidazole rings is 1. The summed E-state index contributed by atoms with van der Waals surface area (Å²) in [5.74, 6) is 1.03. The van der Waals surface area contributed by atoms with Crippen LogP contribution in [0.1, 0.15) is 50.9 Å². The molecule has 19 heavy (non-hydrogen) atoms. The first-order valence-electron chi connectivity index (χ1n) is 6.87. The van der Waals surface area contributed by atoms with Gasteiger partial charge in [-0.3, -0.25) is 0 Å². The van der Waals surface area contributed by atoms with E-state index < -0.39 is 9.84 Å². The summed E-state index contributed by atoms with van der Waals surface area (Å²) in [5, 5.41) is 0. The van der Waals surface area contributed by atoms with Crippen molar-refractivity contribution in [1.29, 1.82) is 0 Å². The molecule has 0 radical (unpaired) electrons. The molecule has 1 aliphatic rings. The van der Waals surface area contributed by atoms with Gasteiger partial charge in [0.05, 0.1) is 23.5 Å². The van der Waals surface area contributed by atoms with Gasteiger partial charge in [0.2, 0.25) is 0 Å². The van der Waals surface area contributed by atoms with Crippen LogP contribution in [-0.4, -0.2) is 29.5 Å². The van der Waals surface area contributed by atoms with Crippen LogP contribution in [0.5, 0.6) is 0 Å². The predicted octanol–water partition coefficient (Wildman–Crippen LogP) is 1.68. The molecule has 108 valence electrons. The third kappa shape index (κ3) is 3.57. The zero-order valence-electron chi connectivity index (χ0n) is 11.6. The average Bonchev–Trinajstić information content (AvgIpc) is 2.75. The van der Waals surface area contributed by atoms with Crippen LogP contribution in [0, 0.1) is 5.92 Å². The van der Waals surface area contributed by atoms with Crippen molar-refractivity contribution in [3.05, 3.63) is 18.2 Å². The van der Waals surface area contributed by atoms with Gasteiger partial charge in [-0.2, -0.15) is 0 Å². The Bertz CT molecular complexity index is 522. The van der Waals surface area contributed by atoms with Crippen molar-refractivity contribution in [2.75, 3.05) is 11.5 Å². The van der Waals surface area contributed by atoms with Gasteiger partial charge in [-0.1, -0.05) is 13.8 Å². The number of hydrogen-bond donors (Lipinski definition) is 1. The Morgan fingerprint density at radius 3 is 2.89 bits per heavy atom. The van der Waals surface area contributed by atoms with Crippen molar-refractivity contribution in [2.24, 2.45) is 11.7 Å². The molecule has 0 spiro atoms. The van der Waals surface area contributed by atoms with Crippen molar-refractivity contribution >= 4 is 9.84 Å². The number of sulfone groups is 1. The zero-order valence-corrected chi connectivity index (χ0v) is 12.4. The number of nitrogens with zero attached hydrogens (tertiary/aromatic N) is 2. The summed E-state index contributed by atoms with van der Waals surface area (Å²) in [7, 11) is -2.91. The standard InChI is InChI=1S/C13H23N3O2S/c1-10(2)6-12(14)13-7-15-9-16(13)11-4-3-5-19(17,18)8-11/h7,9-12H,3-6,8,14H2,1-2H3. The molecule has 6 heteroatoms. The smallest absolute Gasteiger partial charge is 0.152 e. The SMILES string of the molecule is CC(C)CC(N)c1cncn1C1CCCS(=O)(=O)C1. The van der Waals surface area contributed by atoms with Crippen LogP contribution in [0.4, 0.5) is 0 Å². The van der Waals surface area contributed by atoms with Crippen molar-refractivity contribution in [3.8, 4) is 0 Å². The van der Waals surface area contributed by atoms with Gasteiger partial charge in [0.15, 0.2) is 9.84 Å². The van der Waals surface area contributed by atoms with Gasteiger partial charge in [0.25, 0.3) is 0 Å². The summed E-state index contributed by atoms with van der Waals surface area (Å²) in [6.45, 7) is 4.26. The molecule has 2 unspecified atom stereocenters. The summed E-state index contributed by atoms with van der Waals surface area (Å²) in [6.07, 6.45) is 5.99. The van der Waals surface area contributed by atoms with Crippen molar-refractivity contribution < 1.29 is 8.42 Å². The van der Waals surface area contributed by atoms with E-state index in [0.717, 1.165) is 25.0 Å². The summed E-state index contributed by atoms with van der Waals surface area (Å²) >= 11 is 0. The number of hydrogen-bond acceptors (Lipinski definition) is 4. The van der Waals surface area contributed by atoms with E-state index >= 15 is 0 Å². The molecule has 0 saturated carbocycles. The van der Waals surface area contributed by atoms with E-state index in [1.807, 2.05) is 4.57 Å². The molecule has 0 aromatic carbocycles. The van der Waals surface area contributed by atoms with E-state index in [1.165, 1.54) is 0 Å². The molecule has 1 saturated heterocycles. The van der Waals surface area contributed by atoms with Gasteiger partial charge in [0.1, 0.15) is 0 Å². The van der Waals surface area contributed by atoms with Crippen molar-refractivity contribution in [2.45, 2.75) is 45.2 Å². The highest BCUT2D eigenvalue weighted by molar-refractivity contribution is 7.91. The maximum absolute atomic E-state index is 11.8. The fourth-order valence-corrected chi connectivity index (χ4v) is 4.44. The van der Waals surface area contributed by atoms with Crippen LogP contribution in [-0.2, 0) is 9.84 Å². The molecule has 1 aliphatic heterocycles. The minimum absolute atomic E-state index is 0.00513. The first-order valence-corrected chi connectivity index (χ1v) is 8.69. The maximum atomic E-state index is 11.8. The van der Waals surface area contributed by atoms with Gasteiger partial charge in [-0.25, -0.2) is 13.4 Å². The fourth-order valence-electron chi connectivity index (χ4n) is 2.75. The molecular formula is C13H23N3O2S. The highest BCUT2D eigenvalue weighted by Crippen LogP contribution is 2.27. The van der Waals surface area contributed by atoms with Gasteiger partial charge in [-0.15, -0.1) is 0 Å². The minimum Gasteiger partial charge on any atom is -0.329 e. The molecular weight excluding hydrogens is 262 g/mol. The summed E-state index contributed by atoms with van der Waals surface area (Å²) in [5.41, 5.74) is 7.16. The maximum Gasteiger partial charge on any atom is 0.152 e. The lowest BCUT2D eigenvalue weighted by Crippen LogP contribution is -2.29. The first kappa shape index (κ1) is 14.5. The van der Waals surface area contributed by atoms with Crippen LogP contribution in [0.3, 0.4) is 0 Å². The van der Waals surface area contributed by atoms with Crippen LogP contribution in [0.15, 0.2) is 12.5 Å². The predicted molar refractivity (Wildman–Crippen MR) is 75.5 cm³/mol.